The lowest BCUT2D eigenvalue weighted by Crippen LogP contribution is -2.35. The molecule has 31 heavy (non-hydrogen) atoms. The molecular formula is C21H20ClN5O3S. The Kier molecular flexibility index (Phi) is 5.79. The van der Waals surface area contributed by atoms with Crippen LogP contribution in [0.1, 0.15) is 11.4 Å². The molecule has 0 unspecified atom stereocenters. The van der Waals surface area contributed by atoms with Crippen LogP contribution in [-0.4, -0.2) is 41.2 Å². The maximum absolute atomic E-state index is 13.4. The normalized spacial score (nSPS) is 11.6. The molecule has 0 saturated carbocycles. The lowest BCUT2D eigenvalue weighted by Gasteiger charge is -2.21. The number of rotatable bonds is 7. The summed E-state index contributed by atoms with van der Waals surface area (Å²) in [5, 5.41) is 4.84. The maximum Gasteiger partial charge on any atom is 0.266 e. The number of sulfonamides is 1. The van der Waals surface area contributed by atoms with Crippen molar-refractivity contribution in [1.82, 2.24) is 19.6 Å². The largest absolute Gasteiger partial charge is 0.492 e. The molecule has 0 spiro atoms. The number of anilines is 1. The van der Waals surface area contributed by atoms with Gasteiger partial charge in [0.25, 0.3) is 21.7 Å². The third-order valence-corrected chi connectivity index (χ3v) is 6.58. The molecule has 160 valence electrons. The molecule has 2 heterocycles. The minimum absolute atomic E-state index is 0.00870. The van der Waals surface area contributed by atoms with Gasteiger partial charge in [-0.2, -0.15) is 9.50 Å². The highest BCUT2D eigenvalue weighted by Gasteiger charge is 2.29. The van der Waals surface area contributed by atoms with Crippen molar-refractivity contribution in [3.8, 4) is 5.75 Å². The van der Waals surface area contributed by atoms with Crippen molar-refractivity contribution in [2.24, 2.45) is 0 Å². The van der Waals surface area contributed by atoms with E-state index in [2.05, 4.69) is 15.1 Å². The molecule has 4 rings (SSSR count). The summed E-state index contributed by atoms with van der Waals surface area (Å²) >= 11 is 5.93. The summed E-state index contributed by atoms with van der Waals surface area (Å²) in [4.78, 5) is 8.81. The van der Waals surface area contributed by atoms with E-state index in [-0.39, 0.29) is 24.0 Å². The second-order valence-electron chi connectivity index (χ2n) is 6.86. The molecule has 0 bridgehead atoms. The summed E-state index contributed by atoms with van der Waals surface area (Å²) < 4.78 is 35.2. The zero-order chi connectivity index (χ0) is 22.0. The van der Waals surface area contributed by atoms with Crippen molar-refractivity contribution >= 4 is 33.4 Å². The first-order chi connectivity index (χ1) is 14.8. The Morgan fingerprint density at radius 3 is 2.45 bits per heavy atom. The molecule has 0 atom stereocenters. The van der Waals surface area contributed by atoms with Crippen molar-refractivity contribution in [2.45, 2.75) is 18.7 Å². The fraction of sp³-hybridized carbons (Fsp3) is 0.190. The molecule has 0 saturated heterocycles. The molecule has 0 aliphatic carbocycles. The summed E-state index contributed by atoms with van der Waals surface area (Å²) in [5.74, 6) is 0.989. The average molecular weight is 458 g/mol. The molecule has 0 radical (unpaired) electrons. The van der Waals surface area contributed by atoms with E-state index in [1.165, 1.54) is 28.8 Å². The fourth-order valence-corrected chi connectivity index (χ4v) is 4.55. The predicted octanol–water partition coefficient (Wildman–Crippen LogP) is 3.67. The Labute approximate surface area is 185 Å². The van der Waals surface area contributed by atoms with Crippen LogP contribution in [0.3, 0.4) is 0 Å². The summed E-state index contributed by atoms with van der Waals surface area (Å²) in [5.41, 5.74) is 1.56. The Morgan fingerprint density at radius 1 is 1.03 bits per heavy atom. The van der Waals surface area contributed by atoms with Crippen molar-refractivity contribution < 1.29 is 13.2 Å². The van der Waals surface area contributed by atoms with E-state index in [1.54, 1.807) is 12.1 Å². The van der Waals surface area contributed by atoms with Gasteiger partial charge in [-0.25, -0.2) is 17.7 Å². The van der Waals surface area contributed by atoms with Gasteiger partial charge in [0.1, 0.15) is 12.4 Å². The lowest BCUT2D eigenvalue weighted by atomic mass is 10.3. The van der Waals surface area contributed by atoms with Gasteiger partial charge in [-0.15, -0.1) is 5.10 Å². The van der Waals surface area contributed by atoms with Gasteiger partial charge in [-0.3, -0.25) is 0 Å². The topological polar surface area (TPSA) is 89.7 Å². The zero-order valence-electron chi connectivity index (χ0n) is 16.9. The maximum atomic E-state index is 13.4. The highest BCUT2D eigenvalue weighted by molar-refractivity contribution is 7.92. The molecule has 0 aliphatic rings. The van der Waals surface area contributed by atoms with E-state index >= 15 is 0 Å². The predicted molar refractivity (Wildman–Crippen MR) is 118 cm³/mol. The monoisotopic (exact) mass is 457 g/mol. The van der Waals surface area contributed by atoms with E-state index in [4.69, 9.17) is 16.3 Å². The van der Waals surface area contributed by atoms with Crippen molar-refractivity contribution in [3.05, 3.63) is 77.1 Å². The molecule has 10 heteroatoms. The van der Waals surface area contributed by atoms with Crippen LogP contribution in [-0.2, 0) is 10.0 Å². The lowest BCUT2D eigenvalue weighted by molar-refractivity contribution is 0.328. The van der Waals surface area contributed by atoms with Crippen LogP contribution in [0.4, 0.5) is 5.95 Å². The summed E-state index contributed by atoms with van der Waals surface area (Å²) in [6, 6.07) is 17.0. The molecule has 0 N–H and O–H groups in total. The minimum Gasteiger partial charge on any atom is -0.492 e. The van der Waals surface area contributed by atoms with Crippen LogP contribution in [0.15, 0.2) is 65.6 Å². The zero-order valence-corrected chi connectivity index (χ0v) is 18.5. The molecule has 4 aromatic rings. The molecule has 0 fully saturated rings. The number of aryl methyl sites for hydroxylation is 2. The number of nitrogens with zero attached hydrogens (tertiary/aromatic N) is 5. The third kappa shape index (κ3) is 4.47. The minimum atomic E-state index is -3.97. The van der Waals surface area contributed by atoms with Gasteiger partial charge in [0.05, 0.1) is 11.4 Å². The molecule has 8 nitrogen and oxygen atoms in total. The highest BCUT2D eigenvalue weighted by atomic mass is 35.5. The van der Waals surface area contributed by atoms with Gasteiger partial charge >= 0.3 is 0 Å². The molecular weight excluding hydrogens is 438 g/mol. The summed E-state index contributed by atoms with van der Waals surface area (Å²) in [7, 11) is -3.97. The smallest absolute Gasteiger partial charge is 0.266 e. The van der Waals surface area contributed by atoms with Crippen LogP contribution < -0.4 is 9.04 Å². The van der Waals surface area contributed by atoms with Gasteiger partial charge in [0.2, 0.25) is 0 Å². The van der Waals surface area contributed by atoms with Gasteiger partial charge in [-0.1, -0.05) is 29.8 Å². The first kappa shape index (κ1) is 21.1. The van der Waals surface area contributed by atoms with E-state index in [1.807, 2.05) is 38.1 Å². The van der Waals surface area contributed by atoms with Crippen LogP contribution in [0, 0.1) is 13.8 Å². The van der Waals surface area contributed by atoms with Gasteiger partial charge in [-0.05, 0) is 56.3 Å². The van der Waals surface area contributed by atoms with E-state index in [9.17, 15) is 8.42 Å². The fourth-order valence-electron chi connectivity index (χ4n) is 3.09. The average Bonchev–Trinajstić information content (AvgIpc) is 3.16. The number of hydrogen-bond donors (Lipinski definition) is 0. The Bertz CT molecular complexity index is 1310. The number of halogens is 1. The molecule has 2 aromatic carbocycles. The summed E-state index contributed by atoms with van der Waals surface area (Å²) in [6.45, 7) is 3.82. The van der Waals surface area contributed by atoms with E-state index in [0.29, 0.717) is 16.5 Å². The second kappa shape index (κ2) is 8.52. The van der Waals surface area contributed by atoms with Gasteiger partial charge in [0.15, 0.2) is 0 Å². The van der Waals surface area contributed by atoms with Gasteiger partial charge in [0, 0.05) is 16.4 Å². The van der Waals surface area contributed by atoms with Crippen LogP contribution in [0.5, 0.6) is 5.75 Å². The Morgan fingerprint density at radius 2 is 1.74 bits per heavy atom. The SMILES string of the molecule is Cc1cc(C)n2nc(N(CCOc3ccccc3)S(=O)(=O)c3ccc(Cl)cc3)nc2n1. The van der Waals surface area contributed by atoms with Crippen molar-refractivity contribution in [3.63, 3.8) is 0 Å². The quantitative estimate of drug-likeness (QED) is 0.420. The van der Waals surface area contributed by atoms with Crippen LogP contribution in [0.25, 0.3) is 5.78 Å². The molecule has 0 aliphatic heterocycles. The number of aromatic nitrogens is 4. The van der Waals surface area contributed by atoms with Crippen LogP contribution in [0.2, 0.25) is 5.02 Å². The van der Waals surface area contributed by atoms with Crippen LogP contribution >= 0.6 is 11.6 Å². The molecule has 2 aromatic heterocycles. The number of para-hydroxylation sites is 1. The Hall–Kier alpha value is -3.17. The Balaban J connectivity index is 1.71. The van der Waals surface area contributed by atoms with Gasteiger partial charge < -0.3 is 4.74 Å². The summed E-state index contributed by atoms with van der Waals surface area (Å²) in [6.07, 6.45) is 0. The standard InChI is InChI=1S/C21H20ClN5O3S/c1-15-14-16(2)27-20(23-15)24-21(25-27)26(12-13-30-18-6-4-3-5-7-18)31(28,29)19-10-8-17(22)9-11-19/h3-11,14H,12-13H2,1-2H3. The number of fused-ring (bicyclic) bond motifs is 1. The first-order valence-electron chi connectivity index (χ1n) is 9.52. The second-order valence-corrected chi connectivity index (χ2v) is 9.15. The third-order valence-electron chi connectivity index (χ3n) is 4.54. The van der Waals surface area contributed by atoms with Crippen molar-refractivity contribution in [2.75, 3.05) is 17.5 Å². The number of ether oxygens (including phenoxy) is 1. The number of benzene rings is 2. The highest BCUT2D eigenvalue weighted by Crippen LogP contribution is 2.23. The van der Waals surface area contributed by atoms with Crippen molar-refractivity contribution in [1.29, 1.82) is 0 Å². The first-order valence-corrected chi connectivity index (χ1v) is 11.3. The van der Waals surface area contributed by atoms with E-state index < -0.39 is 10.0 Å². The number of hydrogen-bond acceptors (Lipinski definition) is 6. The molecule has 0 amide bonds. The van der Waals surface area contributed by atoms with E-state index in [0.717, 1.165) is 15.7 Å².